The number of hydrogen-bond donors (Lipinski definition) is 1. The lowest BCUT2D eigenvalue weighted by molar-refractivity contribution is -0.115. The third-order valence-corrected chi connectivity index (χ3v) is 2.39. The predicted molar refractivity (Wildman–Crippen MR) is 66.6 cm³/mol. The minimum absolute atomic E-state index is 0.0442. The van der Waals surface area contributed by atoms with Gasteiger partial charge in [0, 0.05) is 29.6 Å². The molecule has 2 aromatic rings. The van der Waals surface area contributed by atoms with Gasteiger partial charge in [0.15, 0.2) is 0 Å². The van der Waals surface area contributed by atoms with Crippen LogP contribution in [-0.4, -0.2) is 22.3 Å². The monoisotopic (exact) mass is 263 g/mol. The van der Waals surface area contributed by atoms with Crippen LogP contribution in [0.2, 0.25) is 0 Å². The Balaban J connectivity index is 2.20. The number of halogens is 2. The van der Waals surface area contributed by atoms with E-state index in [0.717, 1.165) is 6.07 Å². The molecule has 0 spiro atoms. The van der Waals surface area contributed by atoms with Gasteiger partial charge in [0.2, 0.25) is 5.95 Å². The van der Waals surface area contributed by atoms with Crippen LogP contribution in [0.1, 0.15) is 6.92 Å². The molecule has 2 rings (SSSR count). The largest absolute Gasteiger partial charge is 0.347 e. The Morgan fingerprint density at radius 1 is 1.26 bits per heavy atom. The summed E-state index contributed by atoms with van der Waals surface area (Å²) in [6.07, 6.45) is 2.82. The van der Waals surface area contributed by atoms with Gasteiger partial charge in [-0.25, -0.2) is 18.7 Å². The maximum atomic E-state index is 13.5. The highest BCUT2D eigenvalue weighted by atomic mass is 19.1. The third kappa shape index (κ3) is 3.31. The fraction of sp³-hybridized carbons (Fsp3) is 0.154. The van der Waals surface area contributed by atoms with Gasteiger partial charge in [-0.2, -0.15) is 0 Å². The maximum Gasteiger partial charge on any atom is 0.222 e. The van der Waals surface area contributed by atoms with Crippen molar-refractivity contribution in [3.8, 4) is 11.1 Å². The van der Waals surface area contributed by atoms with Crippen molar-refractivity contribution in [3.63, 3.8) is 0 Å². The second kappa shape index (κ2) is 5.51. The van der Waals surface area contributed by atoms with E-state index in [1.807, 2.05) is 0 Å². The zero-order valence-electron chi connectivity index (χ0n) is 10.2. The molecular formula is C13H11F2N3O. The van der Waals surface area contributed by atoms with Crippen LogP contribution in [0, 0.1) is 11.6 Å². The van der Waals surface area contributed by atoms with Crippen molar-refractivity contribution in [3.05, 3.63) is 42.2 Å². The summed E-state index contributed by atoms with van der Waals surface area (Å²) in [6, 6.07) is 3.30. The van der Waals surface area contributed by atoms with E-state index in [4.69, 9.17) is 0 Å². The first-order valence-electron chi connectivity index (χ1n) is 5.57. The molecule has 0 aliphatic rings. The predicted octanol–water partition coefficient (Wildman–Crippen LogP) is 2.42. The van der Waals surface area contributed by atoms with E-state index in [1.165, 1.54) is 31.5 Å². The summed E-state index contributed by atoms with van der Waals surface area (Å²) in [6.45, 7) is 1.57. The first-order chi connectivity index (χ1) is 9.06. The van der Waals surface area contributed by atoms with Crippen LogP contribution in [0.5, 0.6) is 0 Å². The normalized spacial score (nSPS) is 10.3. The van der Waals surface area contributed by atoms with E-state index in [1.54, 1.807) is 0 Å². The second-order valence-corrected chi connectivity index (χ2v) is 3.98. The molecule has 0 fully saturated rings. The summed E-state index contributed by atoms with van der Waals surface area (Å²) in [5.41, 5.74) is 0.658. The molecule has 0 atom stereocenters. The molecule has 6 heteroatoms. The van der Waals surface area contributed by atoms with Crippen molar-refractivity contribution < 1.29 is 13.6 Å². The van der Waals surface area contributed by atoms with Crippen LogP contribution in [0.25, 0.3) is 11.1 Å². The molecule has 0 bridgehead atoms. The highest BCUT2D eigenvalue weighted by Crippen LogP contribution is 2.22. The van der Waals surface area contributed by atoms with Gasteiger partial charge < -0.3 is 5.32 Å². The molecule has 1 aromatic carbocycles. The van der Waals surface area contributed by atoms with Crippen LogP contribution in [0.15, 0.2) is 30.6 Å². The number of Topliss-reactive ketones (excluding diaryl/α,β-unsaturated/α-hetero) is 1. The molecule has 1 N–H and O–H groups in total. The summed E-state index contributed by atoms with van der Waals surface area (Å²) in [5, 5.41) is 2.72. The van der Waals surface area contributed by atoms with Gasteiger partial charge in [0.25, 0.3) is 0 Å². The number of hydrogen-bond acceptors (Lipinski definition) is 4. The van der Waals surface area contributed by atoms with Gasteiger partial charge in [-0.1, -0.05) is 0 Å². The molecule has 1 aromatic heterocycles. The molecule has 0 unspecified atom stereocenters. The third-order valence-electron chi connectivity index (χ3n) is 2.39. The molecule has 0 saturated heterocycles. The molecule has 4 nitrogen and oxygen atoms in total. The van der Waals surface area contributed by atoms with Crippen LogP contribution in [0.4, 0.5) is 14.7 Å². The zero-order valence-corrected chi connectivity index (χ0v) is 10.2. The number of benzene rings is 1. The summed E-state index contributed by atoms with van der Waals surface area (Å²) in [4.78, 5) is 18.7. The number of rotatable bonds is 4. The van der Waals surface area contributed by atoms with E-state index in [0.29, 0.717) is 5.56 Å². The first kappa shape index (κ1) is 13.1. The molecular weight excluding hydrogens is 252 g/mol. The summed E-state index contributed by atoms with van der Waals surface area (Å²) < 4.78 is 26.3. The molecule has 19 heavy (non-hydrogen) atoms. The number of anilines is 1. The van der Waals surface area contributed by atoms with Crippen molar-refractivity contribution in [2.24, 2.45) is 0 Å². The molecule has 1 heterocycles. The number of carbonyl (C=O) groups is 1. The van der Waals surface area contributed by atoms with E-state index >= 15 is 0 Å². The summed E-state index contributed by atoms with van der Waals surface area (Å²) >= 11 is 0. The molecule has 98 valence electrons. The lowest BCUT2D eigenvalue weighted by Gasteiger charge is -2.05. The summed E-state index contributed by atoms with van der Waals surface area (Å²) in [7, 11) is 0. The van der Waals surface area contributed by atoms with E-state index in [9.17, 15) is 13.6 Å². The lowest BCUT2D eigenvalue weighted by Crippen LogP contribution is -2.11. The minimum atomic E-state index is -0.673. The molecule has 0 saturated carbocycles. The van der Waals surface area contributed by atoms with Crippen molar-refractivity contribution >= 4 is 11.7 Å². The Hall–Kier alpha value is -2.37. The number of carbonyl (C=O) groups excluding carboxylic acids is 1. The average Bonchev–Trinajstić information content (AvgIpc) is 2.37. The maximum absolute atomic E-state index is 13.5. The second-order valence-electron chi connectivity index (χ2n) is 3.98. The fourth-order valence-corrected chi connectivity index (χ4v) is 1.49. The standard InChI is InChI=1S/C13H11F2N3O/c1-8(19)5-16-13-17-6-9(7-18-13)11-3-2-10(14)4-12(11)15/h2-4,6-7H,5H2,1H3,(H,16,17,18). The van der Waals surface area contributed by atoms with E-state index in [-0.39, 0.29) is 23.8 Å². The van der Waals surface area contributed by atoms with Gasteiger partial charge in [0.1, 0.15) is 17.4 Å². The Bertz CT molecular complexity index is 599. The van der Waals surface area contributed by atoms with Gasteiger partial charge in [-0.05, 0) is 19.1 Å². The smallest absolute Gasteiger partial charge is 0.222 e. The average molecular weight is 263 g/mol. The van der Waals surface area contributed by atoms with Gasteiger partial charge in [0.05, 0.1) is 6.54 Å². The number of ketones is 1. The van der Waals surface area contributed by atoms with E-state index in [2.05, 4.69) is 15.3 Å². The Morgan fingerprint density at radius 2 is 1.95 bits per heavy atom. The topological polar surface area (TPSA) is 54.9 Å². The fourth-order valence-electron chi connectivity index (χ4n) is 1.49. The summed E-state index contributed by atoms with van der Waals surface area (Å²) in [5.74, 6) is -1.08. The van der Waals surface area contributed by atoms with Crippen molar-refractivity contribution in [2.45, 2.75) is 6.92 Å². The quantitative estimate of drug-likeness (QED) is 0.920. The van der Waals surface area contributed by atoms with Crippen LogP contribution < -0.4 is 5.32 Å². The molecule has 0 aliphatic heterocycles. The number of nitrogens with one attached hydrogen (secondary N) is 1. The van der Waals surface area contributed by atoms with E-state index < -0.39 is 11.6 Å². The van der Waals surface area contributed by atoms with Gasteiger partial charge >= 0.3 is 0 Å². The van der Waals surface area contributed by atoms with Gasteiger partial charge in [-0.15, -0.1) is 0 Å². The molecule has 0 amide bonds. The Kier molecular flexibility index (Phi) is 3.79. The molecule has 0 radical (unpaired) electrons. The molecule has 0 aliphatic carbocycles. The minimum Gasteiger partial charge on any atom is -0.347 e. The van der Waals surface area contributed by atoms with Crippen LogP contribution in [0.3, 0.4) is 0 Å². The highest BCUT2D eigenvalue weighted by Gasteiger charge is 2.07. The van der Waals surface area contributed by atoms with Crippen molar-refractivity contribution in [1.29, 1.82) is 0 Å². The van der Waals surface area contributed by atoms with Crippen LogP contribution in [-0.2, 0) is 4.79 Å². The van der Waals surface area contributed by atoms with Crippen molar-refractivity contribution in [2.75, 3.05) is 11.9 Å². The Morgan fingerprint density at radius 3 is 2.53 bits per heavy atom. The number of aromatic nitrogens is 2. The van der Waals surface area contributed by atoms with Crippen molar-refractivity contribution in [1.82, 2.24) is 9.97 Å². The zero-order chi connectivity index (χ0) is 13.8. The van der Waals surface area contributed by atoms with Gasteiger partial charge in [-0.3, -0.25) is 4.79 Å². The first-order valence-corrected chi connectivity index (χ1v) is 5.57. The Labute approximate surface area is 108 Å². The number of nitrogens with zero attached hydrogens (tertiary/aromatic N) is 2. The lowest BCUT2D eigenvalue weighted by atomic mass is 10.1. The highest BCUT2D eigenvalue weighted by molar-refractivity contribution is 5.79. The van der Waals surface area contributed by atoms with Crippen LogP contribution >= 0.6 is 0 Å². The SMILES string of the molecule is CC(=O)CNc1ncc(-c2ccc(F)cc2F)cn1.